The fraction of sp³-hybridized carbons (Fsp3) is 0.896. The van der Waals surface area contributed by atoms with E-state index in [0.717, 1.165) is 64.2 Å². The highest BCUT2D eigenvalue weighted by Crippen LogP contribution is 2.18. The maximum Gasteiger partial charge on any atom is 0.306 e. The number of ether oxygens (including phenoxy) is 3. The van der Waals surface area contributed by atoms with Crippen LogP contribution in [0.3, 0.4) is 0 Å². The Morgan fingerprint density at radius 3 is 0.753 bits per heavy atom. The summed E-state index contributed by atoms with van der Waals surface area (Å²) in [5.74, 6) is -0.842. The molecule has 0 N–H and O–H groups in total. The van der Waals surface area contributed by atoms with Gasteiger partial charge in [0.05, 0.1) is 0 Å². The fourth-order valence-corrected chi connectivity index (χ4v) is 10.0. The number of hydrogen-bond donors (Lipinski definition) is 0. The van der Waals surface area contributed by atoms with Gasteiger partial charge in [0, 0.05) is 19.3 Å². The zero-order valence-electron chi connectivity index (χ0n) is 49.4. The molecule has 0 saturated heterocycles. The molecule has 0 bridgehead atoms. The minimum atomic E-state index is -0.764. The van der Waals surface area contributed by atoms with E-state index in [1.807, 2.05) is 0 Å². The molecule has 6 nitrogen and oxygen atoms in total. The van der Waals surface area contributed by atoms with Gasteiger partial charge in [-0.2, -0.15) is 0 Å². The maximum atomic E-state index is 12.9. The Hall–Kier alpha value is -2.11. The van der Waals surface area contributed by atoms with E-state index in [9.17, 15) is 14.4 Å². The minimum Gasteiger partial charge on any atom is -0.462 e. The lowest BCUT2D eigenvalue weighted by Crippen LogP contribution is -2.30. The second-order valence-corrected chi connectivity index (χ2v) is 22.4. The molecular weight excluding hydrogens is 901 g/mol. The quantitative estimate of drug-likeness (QED) is 0.0261. The molecule has 0 rings (SSSR count). The number of esters is 3. The van der Waals surface area contributed by atoms with Crippen LogP contribution in [0.5, 0.6) is 0 Å². The average Bonchev–Trinajstić information content (AvgIpc) is 3.39. The highest BCUT2D eigenvalue weighted by Gasteiger charge is 2.19. The van der Waals surface area contributed by atoms with Crippen molar-refractivity contribution in [1.29, 1.82) is 0 Å². The average molecular weight is 1030 g/mol. The second kappa shape index (κ2) is 62.4. The Kier molecular flexibility index (Phi) is 60.6. The van der Waals surface area contributed by atoms with Crippen molar-refractivity contribution in [2.45, 2.75) is 374 Å². The van der Waals surface area contributed by atoms with Crippen molar-refractivity contribution in [3.63, 3.8) is 0 Å². The van der Waals surface area contributed by atoms with E-state index in [4.69, 9.17) is 14.2 Å². The smallest absolute Gasteiger partial charge is 0.306 e. The number of allylic oxidation sites excluding steroid dienone is 4. The molecule has 0 aromatic carbocycles. The van der Waals surface area contributed by atoms with Crippen LogP contribution >= 0.6 is 0 Å². The van der Waals surface area contributed by atoms with Crippen LogP contribution in [-0.4, -0.2) is 37.2 Å². The van der Waals surface area contributed by atoms with Gasteiger partial charge >= 0.3 is 17.9 Å². The summed E-state index contributed by atoms with van der Waals surface area (Å²) < 4.78 is 16.9. The monoisotopic (exact) mass is 1030 g/mol. The summed E-state index contributed by atoms with van der Waals surface area (Å²) in [5, 5.41) is 0. The van der Waals surface area contributed by atoms with Gasteiger partial charge in [-0.15, -0.1) is 0 Å². The zero-order chi connectivity index (χ0) is 52.9. The van der Waals surface area contributed by atoms with Crippen LogP contribution in [0.2, 0.25) is 0 Å². The Bertz CT molecular complexity index is 1180. The van der Waals surface area contributed by atoms with Gasteiger partial charge in [0.2, 0.25) is 0 Å². The van der Waals surface area contributed by atoms with Gasteiger partial charge in [-0.3, -0.25) is 14.4 Å². The standard InChI is InChI=1S/C67H126O6/c1-4-7-10-13-16-19-21-23-25-27-29-30-31-32-33-34-35-36-37-38-39-41-42-44-46-48-51-54-57-60-66(69)72-63-64(62-71-65(68)59-56-53-50-18-15-12-9-6-3)73-67(70)61-58-55-52-49-47-45-43-40-28-26-24-22-20-17-14-11-8-5-2/h21,23,27,29,64H,4-20,22,24-26,28,30-63H2,1-3H3/b23-21-,29-27-. The molecule has 0 aromatic heterocycles. The molecule has 0 heterocycles. The summed E-state index contributed by atoms with van der Waals surface area (Å²) >= 11 is 0. The Morgan fingerprint density at radius 1 is 0.274 bits per heavy atom. The Balaban J connectivity index is 4.05. The van der Waals surface area contributed by atoms with Gasteiger partial charge in [0.1, 0.15) is 13.2 Å². The van der Waals surface area contributed by atoms with E-state index in [1.54, 1.807) is 0 Å². The van der Waals surface area contributed by atoms with Gasteiger partial charge in [0.15, 0.2) is 6.10 Å². The van der Waals surface area contributed by atoms with Gasteiger partial charge < -0.3 is 14.2 Å². The van der Waals surface area contributed by atoms with E-state index in [-0.39, 0.29) is 31.1 Å². The van der Waals surface area contributed by atoms with Crippen molar-refractivity contribution in [3.05, 3.63) is 24.3 Å². The third-order valence-electron chi connectivity index (χ3n) is 15.0. The minimum absolute atomic E-state index is 0.0644. The number of carbonyl (C=O) groups is 3. The SMILES string of the molecule is CCCCCCC/C=C\C/C=C\CCCCCCCCCCCCCCCCCCCC(=O)OCC(COC(=O)CCCCCCCCCC)OC(=O)CCCCCCCCCCCCCCCCCCCC. The molecule has 6 heteroatoms. The van der Waals surface area contributed by atoms with Gasteiger partial charge in [0.25, 0.3) is 0 Å². The zero-order valence-corrected chi connectivity index (χ0v) is 49.4. The van der Waals surface area contributed by atoms with Crippen LogP contribution in [0.1, 0.15) is 367 Å². The molecule has 0 fully saturated rings. The Morgan fingerprint density at radius 2 is 0.493 bits per heavy atom. The summed E-state index contributed by atoms with van der Waals surface area (Å²) in [5.41, 5.74) is 0. The molecule has 0 aliphatic rings. The van der Waals surface area contributed by atoms with E-state index in [1.165, 1.54) is 263 Å². The van der Waals surface area contributed by atoms with Crippen molar-refractivity contribution >= 4 is 17.9 Å². The number of unbranched alkanes of at least 4 members (excludes halogenated alkanes) is 46. The lowest BCUT2D eigenvalue weighted by molar-refractivity contribution is -0.167. The summed E-state index contributed by atoms with van der Waals surface area (Å²) in [6, 6.07) is 0. The van der Waals surface area contributed by atoms with Crippen molar-refractivity contribution in [3.8, 4) is 0 Å². The Labute approximate surface area is 455 Å². The fourth-order valence-electron chi connectivity index (χ4n) is 10.0. The molecular formula is C67H126O6. The normalized spacial score (nSPS) is 12.1. The molecule has 430 valence electrons. The highest BCUT2D eigenvalue weighted by atomic mass is 16.6. The number of rotatable bonds is 61. The lowest BCUT2D eigenvalue weighted by atomic mass is 10.0. The first kappa shape index (κ1) is 70.9. The molecule has 1 unspecified atom stereocenters. The maximum absolute atomic E-state index is 12.9. The topological polar surface area (TPSA) is 78.9 Å². The van der Waals surface area contributed by atoms with E-state index >= 15 is 0 Å². The number of carbonyl (C=O) groups excluding carboxylic acids is 3. The third-order valence-corrected chi connectivity index (χ3v) is 15.0. The molecule has 0 radical (unpaired) electrons. The summed E-state index contributed by atoms with van der Waals surface area (Å²) in [6.45, 7) is 6.67. The first-order valence-corrected chi connectivity index (χ1v) is 32.8. The molecule has 73 heavy (non-hydrogen) atoms. The van der Waals surface area contributed by atoms with Crippen molar-refractivity contribution in [2.75, 3.05) is 13.2 Å². The second-order valence-electron chi connectivity index (χ2n) is 22.4. The van der Waals surface area contributed by atoms with Crippen molar-refractivity contribution in [1.82, 2.24) is 0 Å². The highest BCUT2D eigenvalue weighted by molar-refractivity contribution is 5.71. The van der Waals surface area contributed by atoms with Crippen LogP contribution in [0.25, 0.3) is 0 Å². The predicted molar refractivity (Wildman–Crippen MR) is 316 cm³/mol. The van der Waals surface area contributed by atoms with Gasteiger partial charge in [-0.05, 0) is 51.4 Å². The third kappa shape index (κ3) is 60.6. The van der Waals surface area contributed by atoms with Crippen LogP contribution in [-0.2, 0) is 28.6 Å². The van der Waals surface area contributed by atoms with Gasteiger partial charge in [-0.25, -0.2) is 0 Å². The lowest BCUT2D eigenvalue weighted by Gasteiger charge is -2.18. The summed E-state index contributed by atoms with van der Waals surface area (Å²) in [6.07, 6.45) is 75.0. The van der Waals surface area contributed by atoms with Gasteiger partial charge in [-0.1, -0.05) is 321 Å². The molecule has 0 aromatic rings. The molecule has 0 aliphatic heterocycles. The van der Waals surface area contributed by atoms with Crippen molar-refractivity contribution < 1.29 is 28.6 Å². The van der Waals surface area contributed by atoms with Crippen LogP contribution in [0, 0.1) is 0 Å². The molecule has 0 saturated carbocycles. The van der Waals surface area contributed by atoms with E-state index in [2.05, 4.69) is 45.1 Å². The molecule has 0 spiro atoms. The van der Waals surface area contributed by atoms with Crippen LogP contribution < -0.4 is 0 Å². The molecule has 0 amide bonds. The van der Waals surface area contributed by atoms with Crippen molar-refractivity contribution in [2.24, 2.45) is 0 Å². The molecule has 1 atom stereocenters. The van der Waals surface area contributed by atoms with E-state index < -0.39 is 6.10 Å². The summed E-state index contributed by atoms with van der Waals surface area (Å²) in [4.78, 5) is 38.1. The first-order valence-electron chi connectivity index (χ1n) is 32.8. The largest absolute Gasteiger partial charge is 0.462 e. The summed E-state index contributed by atoms with van der Waals surface area (Å²) in [7, 11) is 0. The predicted octanol–water partition coefficient (Wildman–Crippen LogP) is 22.2. The molecule has 0 aliphatic carbocycles. The first-order chi connectivity index (χ1) is 36.0. The van der Waals surface area contributed by atoms with Crippen LogP contribution in [0.15, 0.2) is 24.3 Å². The number of hydrogen-bond acceptors (Lipinski definition) is 6. The van der Waals surface area contributed by atoms with Crippen LogP contribution in [0.4, 0.5) is 0 Å². The van der Waals surface area contributed by atoms with E-state index in [0.29, 0.717) is 19.3 Å².